The lowest BCUT2D eigenvalue weighted by Crippen LogP contribution is -2.29. The third kappa shape index (κ3) is 2.89. The van der Waals surface area contributed by atoms with E-state index in [2.05, 4.69) is 40.0 Å². The fourth-order valence-corrected chi connectivity index (χ4v) is 6.04. The van der Waals surface area contributed by atoms with Crippen LogP contribution in [0.1, 0.15) is 36.3 Å². The van der Waals surface area contributed by atoms with Gasteiger partial charge >= 0.3 is 0 Å². The average molecular weight is 446 g/mol. The number of thiazole rings is 1. The van der Waals surface area contributed by atoms with E-state index in [-0.39, 0.29) is 35.9 Å². The fourth-order valence-electron chi connectivity index (χ4n) is 4.57. The predicted octanol–water partition coefficient (Wildman–Crippen LogP) is 5.22. The molecular weight excluding hydrogens is 426 g/mol. The van der Waals surface area contributed by atoms with Gasteiger partial charge in [0.05, 0.1) is 28.9 Å². The van der Waals surface area contributed by atoms with Crippen molar-refractivity contribution in [2.45, 2.75) is 45.0 Å². The van der Waals surface area contributed by atoms with Gasteiger partial charge in [-0.1, -0.05) is 22.0 Å². The number of ether oxygens (including phenoxy) is 2. The molecule has 2 aliphatic heterocycles. The zero-order valence-corrected chi connectivity index (χ0v) is 17.5. The molecule has 2 fully saturated rings. The van der Waals surface area contributed by atoms with Gasteiger partial charge in [-0.05, 0) is 44.4 Å². The monoisotopic (exact) mass is 445 g/mol. The summed E-state index contributed by atoms with van der Waals surface area (Å²) in [7, 11) is 0. The zero-order chi connectivity index (χ0) is 18.7. The molecule has 3 aliphatic rings. The summed E-state index contributed by atoms with van der Waals surface area (Å²) in [6, 6.07) is 6.22. The van der Waals surface area contributed by atoms with Gasteiger partial charge < -0.3 is 9.47 Å². The van der Waals surface area contributed by atoms with Crippen LogP contribution in [0, 0.1) is 18.8 Å². The highest BCUT2D eigenvalue weighted by Gasteiger charge is 2.56. The molecule has 140 valence electrons. The first-order valence-electron chi connectivity index (χ1n) is 9.31. The summed E-state index contributed by atoms with van der Waals surface area (Å²) in [5.74, 6) is 1.07. The molecule has 2 aromatic rings. The molecule has 1 aliphatic carbocycles. The summed E-state index contributed by atoms with van der Waals surface area (Å²) in [6.07, 6.45) is 5.73. The lowest BCUT2D eigenvalue weighted by atomic mass is 9.80. The van der Waals surface area contributed by atoms with E-state index in [0.29, 0.717) is 0 Å². The number of benzene rings is 1. The van der Waals surface area contributed by atoms with Crippen molar-refractivity contribution in [3.63, 3.8) is 0 Å². The number of fused-ring (bicyclic) bond motifs is 5. The molecule has 0 amide bonds. The van der Waals surface area contributed by atoms with E-state index in [1.807, 2.05) is 19.2 Å². The number of rotatable bonds is 4. The molecular formula is C21H20BrNO3S. The van der Waals surface area contributed by atoms with Crippen LogP contribution in [-0.4, -0.2) is 23.0 Å². The van der Waals surface area contributed by atoms with Gasteiger partial charge in [0.1, 0.15) is 16.9 Å². The Kier molecular flexibility index (Phi) is 4.26. The van der Waals surface area contributed by atoms with Gasteiger partial charge in [-0.3, -0.25) is 4.79 Å². The number of ketones is 1. The number of nitrogens with zero attached hydrogens (tertiary/aromatic N) is 1. The smallest absolute Gasteiger partial charge is 0.165 e. The minimum Gasteiger partial charge on any atom is -0.489 e. The Morgan fingerprint density at radius 1 is 1.30 bits per heavy atom. The van der Waals surface area contributed by atoms with Gasteiger partial charge in [0, 0.05) is 22.3 Å². The lowest BCUT2D eigenvalue weighted by molar-refractivity contribution is -0.119. The summed E-state index contributed by atoms with van der Waals surface area (Å²) in [4.78, 5) is 18.0. The Morgan fingerprint density at radius 2 is 2.07 bits per heavy atom. The summed E-state index contributed by atoms with van der Waals surface area (Å²) >= 11 is 5.15. The summed E-state index contributed by atoms with van der Waals surface area (Å²) in [5.41, 5.74) is 2.32. The van der Waals surface area contributed by atoms with Crippen LogP contribution in [0.2, 0.25) is 0 Å². The fraction of sp³-hybridized carbons (Fsp3) is 0.429. The van der Waals surface area contributed by atoms with Crippen LogP contribution in [-0.2, 0) is 14.3 Å². The number of allylic oxidation sites excluding steroid dienone is 1. The molecule has 6 heteroatoms. The van der Waals surface area contributed by atoms with Gasteiger partial charge in [0.2, 0.25) is 0 Å². The van der Waals surface area contributed by atoms with Gasteiger partial charge in [0.15, 0.2) is 5.78 Å². The van der Waals surface area contributed by atoms with Crippen molar-refractivity contribution in [2.24, 2.45) is 11.8 Å². The molecule has 5 rings (SSSR count). The molecule has 1 aromatic carbocycles. The maximum atomic E-state index is 12.4. The Hall–Kier alpha value is -1.50. The van der Waals surface area contributed by atoms with Crippen LogP contribution in [0.3, 0.4) is 0 Å². The molecule has 3 heterocycles. The van der Waals surface area contributed by atoms with Crippen molar-refractivity contribution < 1.29 is 14.3 Å². The molecule has 2 bridgehead atoms. The predicted molar refractivity (Wildman–Crippen MR) is 107 cm³/mol. The minimum absolute atomic E-state index is 0.0200. The molecule has 0 spiro atoms. The van der Waals surface area contributed by atoms with Crippen LogP contribution in [0.15, 0.2) is 40.7 Å². The summed E-state index contributed by atoms with van der Waals surface area (Å²) < 4.78 is 13.3. The van der Waals surface area contributed by atoms with Crippen molar-refractivity contribution in [3.05, 3.63) is 51.1 Å². The van der Waals surface area contributed by atoms with Crippen LogP contribution in [0.4, 0.5) is 0 Å². The quantitative estimate of drug-likeness (QED) is 0.646. The second-order valence-electron chi connectivity index (χ2n) is 7.58. The number of carbonyl (C=O) groups excluding carboxylic acids is 1. The van der Waals surface area contributed by atoms with Crippen LogP contribution in [0.25, 0.3) is 10.6 Å². The van der Waals surface area contributed by atoms with E-state index in [1.165, 1.54) is 5.56 Å². The van der Waals surface area contributed by atoms with E-state index in [9.17, 15) is 4.79 Å². The number of aromatic nitrogens is 1. The lowest BCUT2D eigenvalue weighted by Gasteiger charge is -2.24. The molecule has 27 heavy (non-hydrogen) atoms. The number of hydrogen-bond donors (Lipinski definition) is 0. The normalized spacial score (nSPS) is 29.7. The number of hydrogen-bond acceptors (Lipinski definition) is 5. The molecule has 5 atom stereocenters. The first-order chi connectivity index (χ1) is 13.0. The Bertz CT molecular complexity index is 953. The molecule has 2 saturated heterocycles. The van der Waals surface area contributed by atoms with Gasteiger partial charge in [-0.2, -0.15) is 0 Å². The maximum absolute atomic E-state index is 12.4. The second kappa shape index (κ2) is 6.54. The molecule has 0 N–H and O–H groups in total. The molecule has 1 aromatic heterocycles. The molecule has 0 radical (unpaired) electrons. The van der Waals surface area contributed by atoms with E-state index in [0.717, 1.165) is 38.5 Å². The maximum Gasteiger partial charge on any atom is 0.165 e. The Balaban J connectivity index is 1.35. The average Bonchev–Trinajstić information content (AvgIpc) is 3.38. The van der Waals surface area contributed by atoms with Crippen molar-refractivity contribution in [2.75, 3.05) is 0 Å². The van der Waals surface area contributed by atoms with Crippen LogP contribution in [0.5, 0.6) is 0 Å². The zero-order valence-electron chi connectivity index (χ0n) is 15.1. The number of halogens is 1. The first-order valence-corrected chi connectivity index (χ1v) is 10.9. The minimum atomic E-state index is -0.135. The highest BCUT2D eigenvalue weighted by Crippen LogP contribution is 2.51. The van der Waals surface area contributed by atoms with Crippen molar-refractivity contribution >= 4 is 33.0 Å². The summed E-state index contributed by atoms with van der Waals surface area (Å²) in [6.45, 7) is 4.11. The van der Waals surface area contributed by atoms with E-state index < -0.39 is 0 Å². The third-order valence-corrected chi connectivity index (χ3v) is 7.56. The standard InChI is InChI=1S/C21H20BrNO3S/c1-10-7-12(22)3-4-13(10)21-23-9-18(27-21)11(2)25-17-8-14(24)19-15-5-6-16(26-15)20(17)19/h3-4,7-9,11,15-16,19-20H,5-6H2,1-2H3. The van der Waals surface area contributed by atoms with Gasteiger partial charge in [-0.15, -0.1) is 11.3 Å². The molecule has 5 unspecified atom stereocenters. The Morgan fingerprint density at radius 3 is 2.85 bits per heavy atom. The van der Waals surface area contributed by atoms with E-state index in [4.69, 9.17) is 9.47 Å². The Labute approximate surface area is 170 Å². The highest BCUT2D eigenvalue weighted by molar-refractivity contribution is 9.10. The number of aryl methyl sites for hydroxylation is 1. The van der Waals surface area contributed by atoms with Crippen LogP contribution < -0.4 is 0 Å². The van der Waals surface area contributed by atoms with Gasteiger partial charge in [0.25, 0.3) is 0 Å². The van der Waals surface area contributed by atoms with Crippen molar-refractivity contribution in [1.82, 2.24) is 4.98 Å². The highest BCUT2D eigenvalue weighted by atomic mass is 79.9. The van der Waals surface area contributed by atoms with Gasteiger partial charge in [-0.25, -0.2) is 4.98 Å². The molecule has 0 saturated carbocycles. The third-order valence-electron chi connectivity index (χ3n) is 5.87. The largest absolute Gasteiger partial charge is 0.489 e. The number of carbonyl (C=O) groups is 1. The molecule has 4 nitrogen and oxygen atoms in total. The second-order valence-corrected chi connectivity index (χ2v) is 9.56. The first kappa shape index (κ1) is 17.6. The van der Waals surface area contributed by atoms with Crippen molar-refractivity contribution in [1.29, 1.82) is 0 Å². The summed E-state index contributed by atoms with van der Waals surface area (Å²) in [5, 5.41) is 0.989. The van der Waals surface area contributed by atoms with E-state index >= 15 is 0 Å². The van der Waals surface area contributed by atoms with Crippen LogP contribution >= 0.6 is 27.3 Å². The topological polar surface area (TPSA) is 48.4 Å². The SMILES string of the molecule is Cc1cc(Br)ccc1-c1ncc(C(C)OC2=CC(=O)C3C4CCC(O4)C23)s1. The van der Waals surface area contributed by atoms with E-state index in [1.54, 1.807) is 17.4 Å². The van der Waals surface area contributed by atoms with Crippen molar-refractivity contribution in [3.8, 4) is 10.6 Å².